The molecular weight excluding hydrogens is 356 g/mol. The molecule has 0 aromatic carbocycles. The number of hydrogen-bond donors (Lipinski definition) is 1. The summed E-state index contributed by atoms with van der Waals surface area (Å²) in [5, 5.41) is 6.63. The number of nitrogens with one attached hydrogen (secondary N) is 1. The van der Waals surface area contributed by atoms with Gasteiger partial charge in [-0.1, -0.05) is 29.2 Å². The molecule has 0 spiro atoms. The summed E-state index contributed by atoms with van der Waals surface area (Å²) in [7, 11) is 1.43. The summed E-state index contributed by atoms with van der Waals surface area (Å²) >= 11 is 1.80. The lowest BCUT2D eigenvalue weighted by Gasteiger charge is -1.99. The second kappa shape index (κ2) is 6.34. The monoisotopic (exact) mass is 366 g/mol. The Morgan fingerprint density at radius 3 is 2.71 bits per heavy atom. The van der Waals surface area contributed by atoms with Gasteiger partial charge in [0.1, 0.15) is 4.88 Å². The van der Waals surface area contributed by atoms with Crippen molar-refractivity contribution in [1.29, 1.82) is 0 Å². The Morgan fingerprint density at radius 1 is 1.43 bits per heavy atom. The summed E-state index contributed by atoms with van der Waals surface area (Å²) in [6.07, 6.45) is 1.49. The quantitative estimate of drug-likeness (QED) is 0.815. The Hall–Kier alpha value is -1.10. The Balaban J connectivity index is 2.22. The van der Waals surface area contributed by atoms with Crippen LogP contribution in [0.1, 0.15) is 34.4 Å². The molecule has 0 aliphatic rings. The van der Waals surface area contributed by atoms with Crippen LogP contribution in [0.3, 0.4) is 0 Å². The van der Waals surface area contributed by atoms with Gasteiger partial charge in [0.05, 0.1) is 11.4 Å². The van der Waals surface area contributed by atoms with Crippen molar-refractivity contribution in [3.05, 3.63) is 16.3 Å². The molecule has 1 amide bonds. The standard InChI is InChI=1S/C10H11ClN4O3S3/c1-3-4-6-7(20-15-14-6)8(16)13-10-12-5(2)9(19-10)21(11,17)18/h3-4H2,1-2H3,(H,12,13,16). The molecule has 114 valence electrons. The van der Waals surface area contributed by atoms with E-state index in [1.165, 1.54) is 6.92 Å². The molecule has 0 saturated heterocycles. The second-order valence-electron chi connectivity index (χ2n) is 4.08. The van der Waals surface area contributed by atoms with Crippen LogP contribution in [0, 0.1) is 6.92 Å². The molecule has 0 aliphatic carbocycles. The van der Waals surface area contributed by atoms with Gasteiger partial charge in [0.15, 0.2) is 9.34 Å². The molecule has 7 nitrogen and oxygen atoms in total. The molecule has 0 atom stereocenters. The number of halogens is 1. The molecule has 1 N–H and O–H groups in total. The van der Waals surface area contributed by atoms with E-state index < -0.39 is 15.0 Å². The molecule has 0 radical (unpaired) electrons. The Labute approximate surface area is 134 Å². The maximum absolute atomic E-state index is 12.1. The Bertz CT molecular complexity index is 768. The number of amides is 1. The fraction of sp³-hybridized carbons (Fsp3) is 0.400. The molecule has 0 aliphatic heterocycles. The van der Waals surface area contributed by atoms with Crippen molar-refractivity contribution < 1.29 is 13.2 Å². The first-order chi connectivity index (χ1) is 9.82. The van der Waals surface area contributed by atoms with Crippen molar-refractivity contribution in [2.24, 2.45) is 0 Å². The van der Waals surface area contributed by atoms with Crippen LogP contribution in [0.4, 0.5) is 5.13 Å². The summed E-state index contributed by atoms with van der Waals surface area (Å²) in [6, 6.07) is 0. The normalized spacial score (nSPS) is 11.6. The average molecular weight is 367 g/mol. The molecule has 2 rings (SSSR count). The number of rotatable bonds is 5. The zero-order chi connectivity index (χ0) is 15.6. The molecule has 21 heavy (non-hydrogen) atoms. The molecule has 0 saturated carbocycles. The highest BCUT2D eigenvalue weighted by Crippen LogP contribution is 2.30. The number of thiazole rings is 1. The summed E-state index contributed by atoms with van der Waals surface area (Å²) in [4.78, 5) is 16.5. The van der Waals surface area contributed by atoms with Gasteiger partial charge in [-0.15, -0.1) is 5.10 Å². The molecule has 2 aromatic rings. The highest BCUT2D eigenvalue weighted by atomic mass is 35.7. The first kappa shape index (κ1) is 16.3. The molecule has 0 fully saturated rings. The minimum absolute atomic E-state index is 0.0734. The summed E-state index contributed by atoms with van der Waals surface area (Å²) in [6.45, 7) is 3.49. The highest BCUT2D eigenvalue weighted by molar-refractivity contribution is 8.15. The van der Waals surface area contributed by atoms with Crippen LogP contribution in [0.15, 0.2) is 4.21 Å². The maximum Gasteiger partial charge on any atom is 0.272 e. The number of aryl methyl sites for hydroxylation is 2. The van der Waals surface area contributed by atoms with Crippen LogP contribution in [0.2, 0.25) is 0 Å². The minimum atomic E-state index is -3.86. The van der Waals surface area contributed by atoms with Crippen LogP contribution in [-0.4, -0.2) is 28.9 Å². The van der Waals surface area contributed by atoms with Crippen molar-refractivity contribution in [3.63, 3.8) is 0 Å². The van der Waals surface area contributed by atoms with Gasteiger partial charge in [0, 0.05) is 10.7 Å². The molecule has 0 bridgehead atoms. The number of aromatic nitrogens is 3. The van der Waals surface area contributed by atoms with Crippen molar-refractivity contribution in [2.75, 3.05) is 5.32 Å². The summed E-state index contributed by atoms with van der Waals surface area (Å²) in [5.41, 5.74) is 0.875. The third-order valence-electron chi connectivity index (χ3n) is 2.44. The van der Waals surface area contributed by atoms with E-state index in [2.05, 4.69) is 19.9 Å². The van der Waals surface area contributed by atoms with Crippen molar-refractivity contribution in [3.8, 4) is 0 Å². The van der Waals surface area contributed by atoms with E-state index in [4.69, 9.17) is 10.7 Å². The van der Waals surface area contributed by atoms with Gasteiger partial charge < -0.3 is 0 Å². The van der Waals surface area contributed by atoms with Crippen LogP contribution >= 0.6 is 33.6 Å². The number of carbonyl (C=O) groups excluding carboxylic acids is 1. The Kier molecular flexibility index (Phi) is 4.91. The minimum Gasteiger partial charge on any atom is -0.297 e. The van der Waals surface area contributed by atoms with Crippen LogP contribution in [-0.2, 0) is 15.5 Å². The lowest BCUT2D eigenvalue weighted by Crippen LogP contribution is -2.12. The van der Waals surface area contributed by atoms with E-state index >= 15 is 0 Å². The van der Waals surface area contributed by atoms with Crippen LogP contribution in [0.5, 0.6) is 0 Å². The first-order valence-corrected chi connectivity index (χ1v) is 9.77. The van der Waals surface area contributed by atoms with Gasteiger partial charge in [-0.3, -0.25) is 10.1 Å². The molecule has 11 heteroatoms. The van der Waals surface area contributed by atoms with Gasteiger partial charge >= 0.3 is 0 Å². The van der Waals surface area contributed by atoms with Gasteiger partial charge in [0.25, 0.3) is 15.0 Å². The van der Waals surface area contributed by atoms with E-state index in [0.29, 0.717) is 17.0 Å². The second-order valence-corrected chi connectivity index (χ2v) is 8.60. The smallest absolute Gasteiger partial charge is 0.272 e. The number of carbonyl (C=O) groups is 1. The van der Waals surface area contributed by atoms with Crippen molar-refractivity contribution >= 4 is 53.6 Å². The molecular formula is C10H11ClN4O3S3. The van der Waals surface area contributed by atoms with Crippen LogP contribution < -0.4 is 5.32 Å². The SMILES string of the molecule is CCCc1nnsc1C(=O)Nc1nc(C)c(S(=O)(=O)Cl)s1. The summed E-state index contributed by atoms with van der Waals surface area (Å²) in [5.74, 6) is -0.402. The summed E-state index contributed by atoms with van der Waals surface area (Å²) < 4.78 is 26.3. The van der Waals surface area contributed by atoms with E-state index in [1.807, 2.05) is 6.92 Å². The highest BCUT2D eigenvalue weighted by Gasteiger charge is 2.22. The van der Waals surface area contributed by atoms with Gasteiger partial charge in [-0.05, 0) is 24.9 Å². The van der Waals surface area contributed by atoms with Crippen molar-refractivity contribution in [2.45, 2.75) is 30.9 Å². The van der Waals surface area contributed by atoms with Gasteiger partial charge in [-0.25, -0.2) is 13.4 Å². The fourth-order valence-electron chi connectivity index (χ4n) is 1.60. The number of nitrogens with zero attached hydrogens (tertiary/aromatic N) is 3. The largest absolute Gasteiger partial charge is 0.297 e. The molecule has 2 heterocycles. The van der Waals surface area contributed by atoms with Gasteiger partial charge in [0.2, 0.25) is 0 Å². The molecule has 0 unspecified atom stereocenters. The maximum atomic E-state index is 12.1. The number of anilines is 1. The van der Waals surface area contributed by atoms with E-state index in [9.17, 15) is 13.2 Å². The van der Waals surface area contributed by atoms with E-state index in [1.54, 1.807) is 0 Å². The Morgan fingerprint density at radius 2 is 2.14 bits per heavy atom. The zero-order valence-electron chi connectivity index (χ0n) is 11.1. The predicted octanol–water partition coefficient (Wildman–Crippen LogP) is 2.44. The lowest BCUT2D eigenvalue weighted by atomic mass is 10.2. The molecule has 2 aromatic heterocycles. The average Bonchev–Trinajstić information content (AvgIpc) is 2.95. The van der Waals surface area contributed by atoms with E-state index in [-0.39, 0.29) is 15.0 Å². The third kappa shape index (κ3) is 3.76. The number of hydrogen-bond acceptors (Lipinski definition) is 8. The first-order valence-electron chi connectivity index (χ1n) is 5.87. The zero-order valence-corrected chi connectivity index (χ0v) is 14.3. The van der Waals surface area contributed by atoms with Crippen molar-refractivity contribution in [1.82, 2.24) is 14.6 Å². The lowest BCUT2D eigenvalue weighted by molar-refractivity contribution is 0.102. The third-order valence-corrected chi connectivity index (χ3v) is 6.46. The topological polar surface area (TPSA) is 102 Å². The fourth-order valence-corrected chi connectivity index (χ4v) is 4.55. The van der Waals surface area contributed by atoms with E-state index in [0.717, 1.165) is 29.3 Å². The van der Waals surface area contributed by atoms with Crippen LogP contribution in [0.25, 0.3) is 0 Å². The predicted molar refractivity (Wildman–Crippen MR) is 81.7 cm³/mol. The van der Waals surface area contributed by atoms with Gasteiger partial charge in [-0.2, -0.15) is 0 Å².